The van der Waals surface area contributed by atoms with Crippen LogP contribution in [0, 0.1) is 0 Å². The molecule has 0 spiro atoms. The molecule has 0 heterocycles. The van der Waals surface area contributed by atoms with Crippen LogP contribution in [0.25, 0.3) is 11.1 Å². The van der Waals surface area contributed by atoms with Crippen molar-refractivity contribution in [3.05, 3.63) is 59.7 Å². The molecule has 0 aromatic heterocycles. The second-order valence-corrected chi connectivity index (χ2v) is 4.35. The molecule has 4 heteroatoms. The molecule has 2 aromatic carbocycles. The molecule has 0 fully saturated rings. The highest BCUT2D eigenvalue weighted by atomic mass is 19.3. The summed E-state index contributed by atoms with van der Waals surface area (Å²) < 4.78 is 26.1. The van der Waals surface area contributed by atoms with Crippen LogP contribution in [0.1, 0.15) is 22.8 Å². The van der Waals surface area contributed by atoms with Gasteiger partial charge in [-0.05, 0) is 23.3 Å². The SMILES string of the molecule is CC(F)(F)c1ccc(-c2ccc(C(=O)O)cc2)cc1. The first kappa shape index (κ1) is 13.2. The Morgan fingerprint density at radius 3 is 1.74 bits per heavy atom. The third-order valence-corrected chi connectivity index (χ3v) is 2.86. The van der Waals surface area contributed by atoms with Crippen LogP contribution in [-0.2, 0) is 5.92 Å². The number of carboxylic acids is 1. The van der Waals surface area contributed by atoms with E-state index < -0.39 is 11.9 Å². The molecule has 0 radical (unpaired) electrons. The summed E-state index contributed by atoms with van der Waals surface area (Å²) in [4.78, 5) is 10.7. The van der Waals surface area contributed by atoms with Gasteiger partial charge in [-0.1, -0.05) is 36.4 Å². The van der Waals surface area contributed by atoms with E-state index in [0.717, 1.165) is 18.1 Å². The lowest BCUT2D eigenvalue weighted by Crippen LogP contribution is -2.06. The van der Waals surface area contributed by atoms with Crippen LogP contribution in [0.2, 0.25) is 0 Å². The van der Waals surface area contributed by atoms with Gasteiger partial charge in [0.05, 0.1) is 5.56 Å². The van der Waals surface area contributed by atoms with Crippen LogP contribution in [0.3, 0.4) is 0 Å². The molecule has 0 atom stereocenters. The first-order chi connectivity index (χ1) is 8.88. The fourth-order valence-corrected chi connectivity index (χ4v) is 1.76. The first-order valence-electron chi connectivity index (χ1n) is 5.70. The van der Waals surface area contributed by atoms with E-state index in [1.165, 1.54) is 24.3 Å². The van der Waals surface area contributed by atoms with Gasteiger partial charge in [0.25, 0.3) is 5.92 Å². The second kappa shape index (κ2) is 4.80. The van der Waals surface area contributed by atoms with Crippen molar-refractivity contribution in [2.24, 2.45) is 0 Å². The number of carboxylic acid groups (broad SMARTS) is 1. The van der Waals surface area contributed by atoms with Crippen LogP contribution < -0.4 is 0 Å². The van der Waals surface area contributed by atoms with Gasteiger partial charge in [-0.25, -0.2) is 13.6 Å². The Morgan fingerprint density at radius 2 is 1.37 bits per heavy atom. The van der Waals surface area contributed by atoms with E-state index in [2.05, 4.69) is 0 Å². The minimum absolute atomic E-state index is 0.0431. The maximum Gasteiger partial charge on any atom is 0.335 e. The number of benzene rings is 2. The van der Waals surface area contributed by atoms with E-state index in [1.807, 2.05) is 0 Å². The fraction of sp³-hybridized carbons (Fsp3) is 0.133. The van der Waals surface area contributed by atoms with E-state index in [-0.39, 0.29) is 11.1 Å². The van der Waals surface area contributed by atoms with Gasteiger partial charge in [-0.15, -0.1) is 0 Å². The van der Waals surface area contributed by atoms with E-state index >= 15 is 0 Å². The lowest BCUT2D eigenvalue weighted by atomic mass is 10.0. The molecule has 0 aliphatic heterocycles. The summed E-state index contributed by atoms with van der Waals surface area (Å²) in [5.41, 5.74) is 1.71. The highest BCUT2D eigenvalue weighted by Crippen LogP contribution is 2.29. The fourth-order valence-electron chi connectivity index (χ4n) is 1.76. The molecule has 0 aliphatic carbocycles. The van der Waals surface area contributed by atoms with Crippen molar-refractivity contribution in [1.29, 1.82) is 0 Å². The van der Waals surface area contributed by atoms with Gasteiger partial charge < -0.3 is 5.11 Å². The van der Waals surface area contributed by atoms with Crippen LogP contribution in [0.15, 0.2) is 48.5 Å². The molecule has 2 aromatic rings. The number of carbonyl (C=O) groups is 1. The van der Waals surface area contributed by atoms with E-state index in [9.17, 15) is 13.6 Å². The largest absolute Gasteiger partial charge is 0.478 e. The van der Waals surface area contributed by atoms with E-state index in [4.69, 9.17) is 5.11 Å². The molecule has 19 heavy (non-hydrogen) atoms. The predicted octanol–water partition coefficient (Wildman–Crippen LogP) is 4.16. The van der Waals surface area contributed by atoms with Crippen LogP contribution >= 0.6 is 0 Å². The number of alkyl halides is 2. The molecule has 0 saturated carbocycles. The Kier molecular flexibility index (Phi) is 3.34. The molecule has 0 bridgehead atoms. The van der Waals surface area contributed by atoms with Crippen LogP contribution in [-0.4, -0.2) is 11.1 Å². The maximum atomic E-state index is 13.1. The summed E-state index contributed by atoms with van der Waals surface area (Å²) in [7, 11) is 0. The number of aromatic carboxylic acids is 1. The van der Waals surface area contributed by atoms with E-state index in [1.54, 1.807) is 24.3 Å². The van der Waals surface area contributed by atoms with Crippen molar-refractivity contribution in [3.63, 3.8) is 0 Å². The summed E-state index contributed by atoms with van der Waals surface area (Å²) in [6.07, 6.45) is 0. The maximum absolute atomic E-state index is 13.1. The third-order valence-electron chi connectivity index (χ3n) is 2.86. The van der Waals surface area contributed by atoms with Gasteiger partial charge in [0.15, 0.2) is 0 Å². The molecule has 2 rings (SSSR count). The molecule has 98 valence electrons. The molecule has 2 nitrogen and oxygen atoms in total. The summed E-state index contributed by atoms with van der Waals surface area (Å²) >= 11 is 0. The normalized spacial score (nSPS) is 11.3. The number of rotatable bonds is 3. The van der Waals surface area contributed by atoms with Gasteiger partial charge >= 0.3 is 5.97 Å². The van der Waals surface area contributed by atoms with Crippen molar-refractivity contribution >= 4 is 5.97 Å². The number of hydrogen-bond acceptors (Lipinski definition) is 1. The molecule has 1 N–H and O–H groups in total. The Labute approximate surface area is 109 Å². The highest BCUT2D eigenvalue weighted by molar-refractivity contribution is 5.88. The smallest absolute Gasteiger partial charge is 0.335 e. The molecule has 0 aliphatic rings. The summed E-state index contributed by atoms with van der Waals surface area (Å²) in [5, 5.41) is 8.79. The minimum Gasteiger partial charge on any atom is -0.478 e. The van der Waals surface area contributed by atoms with Crippen LogP contribution in [0.5, 0.6) is 0 Å². The van der Waals surface area contributed by atoms with Crippen molar-refractivity contribution < 1.29 is 18.7 Å². The minimum atomic E-state index is -2.86. The highest BCUT2D eigenvalue weighted by Gasteiger charge is 2.23. The van der Waals surface area contributed by atoms with Gasteiger partial charge in [0.2, 0.25) is 0 Å². The quantitative estimate of drug-likeness (QED) is 0.901. The predicted molar refractivity (Wildman–Crippen MR) is 68.4 cm³/mol. The zero-order valence-corrected chi connectivity index (χ0v) is 10.2. The summed E-state index contributed by atoms with van der Waals surface area (Å²) in [6, 6.07) is 12.2. The molecular formula is C15H12F2O2. The zero-order valence-electron chi connectivity index (χ0n) is 10.2. The zero-order chi connectivity index (χ0) is 14.0. The second-order valence-electron chi connectivity index (χ2n) is 4.35. The molecule has 0 amide bonds. The Morgan fingerprint density at radius 1 is 0.947 bits per heavy atom. The lowest BCUT2D eigenvalue weighted by Gasteiger charge is -2.11. The lowest BCUT2D eigenvalue weighted by molar-refractivity contribution is 0.0175. The van der Waals surface area contributed by atoms with Crippen molar-refractivity contribution in [3.8, 4) is 11.1 Å². The monoisotopic (exact) mass is 262 g/mol. The van der Waals surface area contributed by atoms with Crippen molar-refractivity contribution in [2.75, 3.05) is 0 Å². The van der Waals surface area contributed by atoms with Gasteiger partial charge in [0.1, 0.15) is 0 Å². The topological polar surface area (TPSA) is 37.3 Å². The van der Waals surface area contributed by atoms with Crippen LogP contribution in [0.4, 0.5) is 8.78 Å². The van der Waals surface area contributed by atoms with Gasteiger partial charge in [0, 0.05) is 12.5 Å². The number of hydrogen-bond donors (Lipinski definition) is 1. The Bertz CT molecular complexity index is 581. The first-order valence-corrected chi connectivity index (χ1v) is 5.70. The Balaban J connectivity index is 2.30. The van der Waals surface area contributed by atoms with Gasteiger partial charge in [-0.3, -0.25) is 0 Å². The average Bonchev–Trinajstić information content (AvgIpc) is 2.38. The molecular weight excluding hydrogens is 250 g/mol. The van der Waals surface area contributed by atoms with Crippen molar-refractivity contribution in [1.82, 2.24) is 0 Å². The molecule has 0 saturated heterocycles. The molecule has 0 unspecified atom stereocenters. The van der Waals surface area contributed by atoms with E-state index in [0.29, 0.717) is 0 Å². The summed E-state index contributed by atoms with van der Waals surface area (Å²) in [6.45, 7) is 0.851. The standard InChI is InChI=1S/C15H12F2O2/c1-15(16,17)13-8-6-11(7-9-13)10-2-4-12(5-3-10)14(18)19/h2-9H,1H3,(H,18,19). The summed E-state index contributed by atoms with van der Waals surface area (Å²) in [5.74, 6) is -3.85. The number of halogens is 2. The average molecular weight is 262 g/mol. The Hall–Kier alpha value is -2.23. The van der Waals surface area contributed by atoms with Gasteiger partial charge in [-0.2, -0.15) is 0 Å². The third kappa shape index (κ3) is 2.96. The van der Waals surface area contributed by atoms with Crippen molar-refractivity contribution in [2.45, 2.75) is 12.8 Å².